The van der Waals surface area contributed by atoms with Crippen LogP contribution in [0.4, 0.5) is 0 Å². The van der Waals surface area contributed by atoms with E-state index in [0.717, 1.165) is 11.8 Å². The molecule has 0 unspecified atom stereocenters. The van der Waals surface area contributed by atoms with Crippen LogP contribution in [-0.4, -0.2) is 36.7 Å². The molecule has 0 N–H and O–H groups in total. The van der Waals surface area contributed by atoms with Gasteiger partial charge in [-0.3, -0.25) is 0 Å². The van der Waals surface area contributed by atoms with Gasteiger partial charge in [-0.25, -0.2) is 0 Å². The van der Waals surface area contributed by atoms with Crippen LogP contribution in [0.3, 0.4) is 0 Å². The molecule has 1 saturated carbocycles. The zero-order chi connectivity index (χ0) is 13.7. The fourth-order valence-corrected chi connectivity index (χ4v) is 3.78. The van der Waals surface area contributed by atoms with Gasteiger partial charge in [0.05, 0.1) is 12.2 Å². The van der Waals surface area contributed by atoms with Crippen LogP contribution in [-0.2, 0) is 4.74 Å². The van der Waals surface area contributed by atoms with Crippen molar-refractivity contribution in [2.45, 2.75) is 77.9 Å². The molecule has 2 aliphatic rings. The fraction of sp³-hybridized carbons (Fsp3) is 1.00. The predicted octanol–water partition coefficient (Wildman–Crippen LogP) is 4.09. The molecule has 1 saturated heterocycles. The number of piperidine rings is 1. The van der Waals surface area contributed by atoms with Gasteiger partial charge in [0.15, 0.2) is 0 Å². The van der Waals surface area contributed by atoms with Gasteiger partial charge in [-0.2, -0.15) is 0 Å². The number of hydrogen-bond acceptors (Lipinski definition) is 2. The highest BCUT2D eigenvalue weighted by atomic mass is 16.5. The number of hydrogen-bond donors (Lipinski definition) is 0. The normalized spacial score (nSPS) is 30.9. The molecule has 1 aliphatic carbocycles. The fourth-order valence-electron chi connectivity index (χ4n) is 3.78. The first-order valence-electron chi connectivity index (χ1n) is 8.55. The molecule has 19 heavy (non-hydrogen) atoms. The first-order chi connectivity index (χ1) is 9.17. The lowest BCUT2D eigenvalue weighted by Crippen LogP contribution is -2.38. The van der Waals surface area contributed by atoms with Crippen molar-refractivity contribution in [3.63, 3.8) is 0 Å². The number of nitrogens with zero attached hydrogens (tertiary/aromatic N) is 1. The molecular weight excluding hydrogens is 234 g/mol. The van der Waals surface area contributed by atoms with Crippen LogP contribution < -0.4 is 0 Å². The maximum absolute atomic E-state index is 5.94. The second-order valence-electron chi connectivity index (χ2n) is 6.98. The van der Waals surface area contributed by atoms with Gasteiger partial charge in [0.25, 0.3) is 0 Å². The molecule has 2 nitrogen and oxygen atoms in total. The molecule has 1 aliphatic heterocycles. The van der Waals surface area contributed by atoms with Crippen molar-refractivity contribution in [2.75, 3.05) is 19.6 Å². The lowest BCUT2D eigenvalue weighted by molar-refractivity contribution is -0.0228. The molecule has 2 heteroatoms. The maximum atomic E-state index is 5.94. The Bertz CT molecular complexity index is 238. The lowest BCUT2D eigenvalue weighted by Gasteiger charge is -2.36. The Morgan fingerprint density at radius 2 is 1.58 bits per heavy atom. The Morgan fingerprint density at radius 3 is 2.11 bits per heavy atom. The van der Waals surface area contributed by atoms with Gasteiger partial charge in [0.2, 0.25) is 0 Å². The molecule has 1 heterocycles. The van der Waals surface area contributed by atoms with Crippen molar-refractivity contribution in [1.82, 2.24) is 4.90 Å². The summed E-state index contributed by atoms with van der Waals surface area (Å²) in [5, 5.41) is 0. The highest BCUT2D eigenvalue weighted by molar-refractivity contribution is 4.78. The van der Waals surface area contributed by atoms with E-state index in [9.17, 15) is 0 Å². The van der Waals surface area contributed by atoms with E-state index in [2.05, 4.69) is 25.7 Å². The Morgan fingerprint density at radius 1 is 0.947 bits per heavy atom. The zero-order valence-electron chi connectivity index (χ0n) is 13.2. The van der Waals surface area contributed by atoms with Gasteiger partial charge >= 0.3 is 0 Å². The molecule has 0 spiro atoms. The van der Waals surface area contributed by atoms with Gasteiger partial charge in [0.1, 0.15) is 0 Å². The van der Waals surface area contributed by atoms with Crippen molar-refractivity contribution < 1.29 is 4.74 Å². The van der Waals surface area contributed by atoms with Gasteiger partial charge in [0, 0.05) is 6.54 Å². The first kappa shape index (κ1) is 15.3. The van der Waals surface area contributed by atoms with E-state index in [4.69, 9.17) is 4.74 Å². The van der Waals surface area contributed by atoms with Gasteiger partial charge in [-0.05, 0) is 77.3 Å². The molecular formula is C17H33NO. The Kier molecular flexibility index (Phi) is 6.15. The molecule has 0 bridgehead atoms. The van der Waals surface area contributed by atoms with Gasteiger partial charge < -0.3 is 9.64 Å². The highest BCUT2D eigenvalue weighted by Crippen LogP contribution is 2.29. The van der Waals surface area contributed by atoms with Crippen molar-refractivity contribution in [2.24, 2.45) is 11.8 Å². The molecule has 0 aromatic carbocycles. The highest BCUT2D eigenvalue weighted by Gasteiger charge is 2.25. The minimum Gasteiger partial charge on any atom is -0.376 e. The van der Waals surface area contributed by atoms with Crippen LogP contribution in [0.1, 0.15) is 65.7 Å². The third kappa shape index (κ3) is 5.07. The Hall–Kier alpha value is -0.0800. The molecule has 0 radical (unpaired) electrons. The lowest BCUT2D eigenvalue weighted by atomic mass is 9.86. The average molecular weight is 267 g/mol. The minimum absolute atomic E-state index is 0.398. The number of rotatable bonds is 5. The average Bonchev–Trinajstić information content (AvgIpc) is 2.41. The summed E-state index contributed by atoms with van der Waals surface area (Å²) < 4.78 is 5.94. The van der Waals surface area contributed by atoms with Crippen LogP contribution in [0.2, 0.25) is 0 Å². The monoisotopic (exact) mass is 267 g/mol. The molecule has 0 aromatic heterocycles. The molecule has 0 aromatic rings. The second-order valence-corrected chi connectivity index (χ2v) is 6.98. The van der Waals surface area contributed by atoms with Crippen molar-refractivity contribution >= 4 is 0 Å². The summed E-state index contributed by atoms with van der Waals surface area (Å²) in [6.07, 6.45) is 10.5. The van der Waals surface area contributed by atoms with E-state index in [1.54, 1.807) is 0 Å². The topological polar surface area (TPSA) is 12.5 Å². The zero-order valence-corrected chi connectivity index (χ0v) is 13.2. The third-order valence-corrected chi connectivity index (χ3v) is 5.06. The van der Waals surface area contributed by atoms with Crippen LogP contribution in [0, 0.1) is 11.8 Å². The van der Waals surface area contributed by atoms with E-state index in [-0.39, 0.29) is 0 Å². The van der Waals surface area contributed by atoms with Crippen molar-refractivity contribution in [3.05, 3.63) is 0 Å². The Balaban J connectivity index is 1.63. The van der Waals surface area contributed by atoms with Crippen molar-refractivity contribution in [1.29, 1.82) is 0 Å². The number of ether oxygens (including phenoxy) is 1. The summed E-state index contributed by atoms with van der Waals surface area (Å²) in [4.78, 5) is 2.72. The van der Waals surface area contributed by atoms with Crippen molar-refractivity contribution in [3.8, 4) is 0 Å². The summed E-state index contributed by atoms with van der Waals surface area (Å²) in [5.74, 6) is 1.94. The molecule has 2 rings (SSSR count). The van der Waals surface area contributed by atoms with Gasteiger partial charge in [-0.1, -0.05) is 13.3 Å². The Labute approximate surface area is 119 Å². The largest absolute Gasteiger partial charge is 0.376 e. The SMILES string of the molecule is CCC1CCN(CC2CCC(OC(C)C)CC2)CC1. The molecule has 0 atom stereocenters. The smallest absolute Gasteiger partial charge is 0.0578 e. The summed E-state index contributed by atoms with van der Waals surface area (Å²) >= 11 is 0. The molecule has 0 amide bonds. The van der Waals surface area contributed by atoms with Crippen LogP contribution in [0.25, 0.3) is 0 Å². The summed E-state index contributed by atoms with van der Waals surface area (Å²) in [6.45, 7) is 10.7. The molecule has 2 fully saturated rings. The molecule has 112 valence electrons. The predicted molar refractivity (Wildman–Crippen MR) is 81.4 cm³/mol. The maximum Gasteiger partial charge on any atom is 0.0578 e. The summed E-state index contributed by atoms with van der Waals surface area (Å²) in [7, 11) is 0. The van der Waals surface area contributed by atoms with E-state index >= 15 is 0 Å². The minimum atomic E-state index is 0.398. The third-order valence-electron chi connectivity index (χ3n) is 5.06. The standard InChI is InChI=1S/C17H33NO/c1-4-15-9-11-18(12-10-15)13-16-5-7-17(8-6-16)19-14(2)3/h14-17H,4-13H2,1-3H3. The summed E-state index contributed by atoms with van der Waals surface area (Å²) in [5.41, 5.74) is 0. The van der Waals surface area contributed by atoms with Crippen LogP contribution >= 0.6 is 0 Å². The summed E-state index contributed by atoms with van der Waals surface area (Å²) in [6, 6.07) is 0. The quantitative estimate of drug-likeness (QED) is 0.744. The van der Waals surface area contributed by atoms with E-state index in [1.807, 2.05) is 0 Å². The second kappa shape index (κ2) is 7.64. The van der Waals surface area contributed by atoms with Gasteiger partial charge in [-0.15, -0.1) is 0 Å². The van der Waals surface area contributed by atoms with E-state index in [1.165, 1.54) is 64.6 Å². The van der Waals surface area contributed by atoms with Crippen LogP contribution in [0.5, 0.6) is 0 Å². The van der Waals surface area contributed by atoms with E-state index < -0.39 is 0 Å². The van der Waals surface area contributed by atoms with Crippen LogP contribution in [0.15, 0.2) is 0 Å². The first-order valence-corrected chi connectivity index (χ1v) is 8.55. The van der Waals surface area contributed by atoms with E-state index in [0.29, 0.717) is 12.2 Å². The number of likely N-dealkylation sites (tertiary alicyclic amines) is 1.